The topological polar surface area (TPSA) is 46.8 Å². The average molecular weight is 301 g/mol. The van der Waals surface area contributed by atoms with Crippen molar-refractivity contribution in [1.29, 1.82) is 0 Å². The van der Waals surface area contributed by atoms with Crippen LogP contribution in [0.3, 0.4) is 0 Å². The fraction of sp³-hybridized carbons (Fsp3) is 0.412. The summed E-state index contributed by atoms with van der Waals surface area (Å²) in [4.78, 5) is 17.9. The largest absolute Gasteiger partial charge is 0.486 e. The molecular formula is C17H23N3O2. The molecule has 0 bridgehead atoms. The lowest BCUT2D eigenvalue weighted by atomic mass is 10.3. The first-order valence-corrected chi connectivity index (χ1v) is 7.72. The summed E-state index contributed by atoms with van der Waals surface area (Å²) >= 11 is 0. The molecule has 2 aromatic rings. The van der Waals surface area contributed by atoms with E-state index >= 15 is 0 Å². The lowest BCUT2D eigenvalue weighted by Crippen LogP contribution is -2.24. The Balaban J connectivity index is 2.52. The smallest absolute Gasteiger partial charge is 0.215 e. The third-order valence-electron chi connectivity index (χ3n) is 3.50. The number of aryl methyl sites for hydroxylation is 1. The van der Waals surface area contributed by atoms with E-state index in [4.69, 9.17) is 4.74 Å². The number of fused-ring (bicyclic) bond motifs is 1. The van der Waals surface area contributed by atoms with E-state index in [0.717, 1.165) is 42.8 Å². The van der Waals surface area contributed by atoms with E-state index in [1.165, 1.54) is 0 Å². The van der Waals surface area contributed by atoms with Gasteiger partial charge in [-0.2, -0.15) is 0 Å². The zero-order valence-corrected chi connectivity index (χ0v) is 13.3. The van der Waals surface area contributed by atoms with Crippen LogP contribution in [-0.4, -0.2) is 28.9 Å². The Hall–Kier alpha value is -2.30. The van der Waals surface area contributed by atoms with Crippen molar-refractivity contribution < 1.29 is 9.53 Å². The van der Waals surface area contributed by atoms with Gasteiger partial charge in [0, 0.05) is 12.7 Å². The van der Waals surface area contributed by atoms with Gasteiger partial charge in [-0.25, -0.2) is 4.98 Å². The number of unbranched alkanes of at least 4 members (excludes halogenated alkanes) is 1. The minimum absolute atomic E-state index is 0.427. The van der Waals surface area contributed by atoms with E-state index in [2.05, 4.69) is 18.5 Å². The van der Waals surface area contributed by atoms with Crippen molar-refractivity contribution in [3.05, 3.63) is 36.7 Å². The first-order valence-electron chi connectivity index (χ1n) is 7.72. The van der Waals surface area contributed by atoms with Crippen LogP contribution >= 0.6 is 0 Å². The highest BCUT2D eigenvalue weighted by Crippen LogP contribution is 2.28. The maximum Gasteiger partial charge on any atom is 0.215 e. The molecule has 0 N–H and O–H groups in total. The summed E-state index contributed by atoms with van der Waals surface area (Å²) in [5.41, 5.74) is 1.64. The van der Waals surface area contributed by atoms with Gasteiger partial charge < -0.3 is 4.74 Å². The molecule has 5 heteroatoms. The van der Waals surface area contributed by atoms with Crippen LogP contribution in [0.1, 0.15) is 32.4 Å². The molecular weight excluding hydrogens is 278 g/mol. The number of hydrogen-bond acceptors (Lipinski definition) is 3. The van der Waals surface area contributed by atoms with Gasteiger partial charge in [-0.15, -0.1) is 0 Å². The zero-order chi connectivity index (χ0) is 15.9. The van der Waals surface area contributed by atoms with E-state index in [0.29, 0.717) is 18.9 Å². The predicted molar refractivity (Wildman–Crippen MR) is 88.6 cm³/mol. The maximum atomic E-state index is 11.5. The van der Waals surface area contributed by atoms with Crippen molar-refractivity contribution in [3.8, 4) is 5.75 Å². The quantitative estimate of drug-likeness (QED) is 0.528. The van der Waals surface area contributed by atoms with Gasteiger partial charge >= 0.3 is 0 Å². The van der Waals surface area contributed by atoms with Gasteiger partial charge in [0.1, 0.15) is 12.4 Å². The average Bonchev–Trinajstić information content (AvgIpc) is 2.93. The fourth-order valence-corrected chi connectivity index (χ4v) is 2.42. The van der Waals surface area contributed by atoms with Crippen LogP contribution in [0, 0.1) is 0 Å². The molecule has 0 spiro atoms. The molecule has 2 rings (SSSR count). The SMILES string of the molecule is C=CCOc1cccn2c(N(C=O)CCCC)c(CC)nc12. The monoisotopic (exact) mass is 301 g/mol. The van der Waals surface area contributed by atoms with Crippen molar-refractivity contribution in [2.24, 2.45) is 0 Å². The molecule has 0 saturated heterocycles. The summed E-state index contributed by atoms with van der Waals surface area (Å²) in [7, 11) is 0. The van der Waals surface area contributed by atoms with Gasteiger partial charge in [0.25, 0.3) is 0 Å². The molecule has 0 aliphatic heterocycles. The number of carbonyl (C=O) groups excluding carboxylic acids is 1. The number of hydrogen-bond donors (Lipinski definition) is 0. The molecule has 1 amide bonds. The number of anilines is 1. The molecule has 2 aromatic heterocycles. The standard InChI is InChI=1S/C17H23N3O2/c1-4-7-10-19(13-21)17-14(6-3)18-16-15(22-12-5-2)9-8-11-20(16)17/h5,8-9,11,13H,2,4,6-7,10,12H2,1,3H3. The molecule has 5 nitrogen and oxygen atoms in total. The van der Waals surface area contributed by atoms with Gasteiger partial charge in [0.15, 0.2) is 11.4 Å². The second-order valence-electron chi connectivity index (χ2n) is 5.05. The molecule has 2 heterocycles. The summed E-state index contributed by atoms with van der Waals surface area (Å²) in [6.45, 7) is 8.93. The predicted octanol–water partition coefficient (Wildman–Crippen LogP) is 3.22. The molecule has 0 saturated carbocycles. The third-order valence-corrected chi connectivity index (χ3v) is 3.50. The van der Waals surface area contributed by atoms with Crippen LogP contribution in [0.2, 0.25) is 0 Å². The molecule has 0 fully saturated rings. The molecule has 0 unspecified atom stereocenters. The van der Waals surface area contributed by atoms with E-state index in [1.807, 2.05) is 29.7 Å². The number of imidazole rings is 1. The highest BCUT2D eigenvalue weighted by atomic mass is 16.5. The van der Waals surface area contributed by atoms with E-state index in [-0.39, 0.29) is 0 Å². The lowest BCUT2D eigenvalue weighted by Gasteiger charge is -2.18. The highest BCUT2D eigenvalue weighted by Gasteiger charge is 2.19. The van der Waals surface area contributed by atoms with E-state index < -0.39 is 0 Å². The van der Waals surface area contributed by atoms with Crippen molar-refractivity contribution >= 4 is 17.9 Å². The summed E-state index contributed by atoms with van der Waals surface area (Å²) < 4.78 is 7.60. The Morgan fingerprint density at radius 3 is 2.91 bits per heavy atom. The van der Waals surface area contributed by atoms with Crippen molar-refractivity contribution in [2.75, 3.05) is 18.1 Å². The minimum Gasteiger partial charge on any atom is -0.486 e. The zero-order valence-electron chi connectivity index (χ0n) is 13.3. The number of ether oxygens (including phenoxy) is 1. The second-order valence-corrected chi connectivity index (χ2v) is 5.05. The molecule has 0 radical (unpaired) electrons. The number of rotatable bonds is 9. The van der Waals surface area contributed by atoms with E-state index in [9.17, 15) is 4.79 Å². The van der Waals surface area contributed by atoms with Gasteiger partial charge in [0.05, 0.1) is 5.69 Å². The molecule has 0 aromatic carbocycles. The van der Waals surface area contributed by atoms with Crippen molar-refractivity contribution in [2.45, 2.75) is 33.1 Å². The summed E-state index contributed by atoms with van der Waals surface area (Å²) in [5, 5.41) is 0. The Morgan fingerprint density at radius 2 is 2.27 bits per heavy atom. The minimum atomic E-state index is 0.427. The molecule has 0 aliphatic rings. The van der Waals surface area contributed by atoms with Crippen LogP contribution in [0.5, 0.6) is 5.75 Å². The maximum absolute atomic E-state index is 11.5. The highest BCUT2D eigenvalue weighted by molar-refractivity contribution is 5.77. The van der Waals surface area contributed by atoms with Crippen molar-refractivity contribution in [3.63, 3.8) is 0 Å². The second kappa shape index (κ2) is 7.64. The first kappa shape index (κ1) is 16.1. The summed E-state index contributed by atoms with van der Waals surface area (Å²) in [5.74, 6) is 1.54. The van der Waals surface area contributed by atoms with Gasteiger partial charge in [-0.3, -0.25) is 14.1 Å². The number of aromatic nitrogens is 2. The Kier molecular flexibility index (Phi) is 5.58. The van der Waals surface area contributed by atoms with Crippen LogP contribution < -0.4 is 9.64 Å². The van der Waals surface area contributed by atoms with E-state index in [1.54, 1.807) is 11.0 Å². The summed E-state index contributed by atoms with van der Waals surface area (Å²) in [6.07, 6.45) is 7.26. The Bertz CT molecular complexity index is 649. The molecule has 0 atom stereocenters. The molecule has 22 heavy (non-hydrogen) atoms. The van der Waals surface area contributed by atoms with Gasteiger partial charge in [-0.05, 0) is 25.0 Å². The molecule has 0 aliphatic carbocycles. The lowest BCUT2D eigenvalue weighted by molar-refractivity contribution is -0.107. The van der Waals surface area contributed by atoms with Crippen LogP contribution in [0.25, 0.3) is 5.65 Å². The van der Waals surface area contributed by atoms with Crippen molar-refractivity contribution in [1.82, 2.24) is 9.38 Å². The fourth-order valence-electron chi connectivity index (χ4n) is 2.42. The number of amides is 1. The molecule has 118 valence electrons. The first-order chi connectivity index (χ1) is 10.8. The van der Waals surface area contributed by atoms with Gasteiger partial charge in [0.2, 0.25) is 6.41 Å². The summed E-state index contributed by atoms with van der Waals surface area (Å²) in [6, 6.07) is 3.78. The Labute approximate surface area is 131 Å². The van der Waals surface area contributed by atoms with Crippen LogP contribution in [0.4, 0.5) is 5.82 Å². The number of nitrogens with zero attached hydrogens (tertiary/aromatic N) is 3. The number of carbonyl (C=O) groups is 1. The van der Waals surface area contributed by atoms with Gasteiger partial charge in [-0.1, -0.05) is 32.9 Å². The number of pyridine rings is 1. The van der Waals surface area contributed by atoms with Crippen LogP contribution in [0.15, 0.2) is 31.0 Å². The third kappa shape index (κ3) is 3.13. The van der Waals surface area contributed by atoms with Crippen LogP contribution in [-0.2, 0) is 11.2 Å². The Morgan fingerprint density at radius 1 is 1.45 bits per heavy atom. The normalized spacial score (nSPS) is 10.6.